The first kappa shape index (κ1) is 17.9. The van der Waals surface area contributed by atoms with Gasteiger partial charge in [0.1, 0.15) is 0 Å². The van der Waals surface area contributed by atoms with Crippen molar-refractivity contribution in [1.82, 2.24) is 4.59 Å². The van der Waals surface area contributed by atoms with Crippen molar-refractivity contribution in [1.29, 1.82) is 0 Å². The normalized spacial score (nSPS) is 21.9. The van der Waals surface area contributed by atoms with Crippen molar-refractivity contribution < 1.29 is 21.6 Å². The minimum Gasteiger partial charge on any atom is -0.225 e. The summed E-state index contributed by atoms with van der Waals surface area (Å²) in [7, 11) is -4.01. The summed E-state index contributed by atoms with van der Waals surface area (Å²) in [5.74, 6) is 0. The third kappa shape index (κ3) is 2.61. The maximum Gasteiger partial charge on any atom is 0.596 e. The summed E-state index contributed by atoms with van der Waals surface area (Å²) in [5, 5.41) is 8.93. The molecular weight excluding hydrogens is 379 g/mol. The number of aryl methyl sites for hydroxylation is 1. The van der Waals surface area contributed by atoms with Gasteiger partial charge in [0.25, 0.3) is 0 Å². The average Bonchev–Trinajstić information content (AvgIpc) is 3.02. The van der Waals surface area contributed by atoms with Crippen LogP contribution >= 0.6 is 0 Å². The van der Waals surface area contributed by atoms with Crippen LogP contribution in [0, 0.1) is 0 Å². The molecule has 4 rings (SSSR count). The van der Waals surface area contributed by atoms with Gasteiger partial charge in [-0.3, -0.25) is 0 Å². The fourth-order valence-electron chi connectivity index (χ4n) is 3.64. The lowest BCUT2D eigenvalue weighted by atomic mass is 9.89. The number of alkyl halides is 3. The van der Waals surface area contributed by atoms with E-state index in [1.807, 2.05) is 6.07 Å². The highest BCUT2D eigenvalue weighted by molar-refractivity contribution is 7.89. The van der Waals surface area contributed by atoms with Gasteiger partial charge in [0.15, 0.2) is 11.4 Å². The smallest absolute Gasteiger partial charge is 0.225 e. The zero-order valence-electron chi connectivity index (χ0n) is 13.9. The number of quaternary nitrogens is 1. The van der Waals surface area contributed by atoms with Gasteiger partial charge < -0.3 is 0 Å². The van der Waals surface area contributed by atoms with E-state index in [1.165, 1.54) is 6.21 Å². The summed E-state index contributed by atoms with van der Waals surface area (Å²) in [4.78, 5) is -0.256. The summed E-state index contributed by atoms with van der Waals surface area (Å²) in [6, 6.07) is 11.3. The molecule has 1 aliphatic carbocycles. The van der Waals surface area contributed by atoms with Gasteiger partial charge in [-0.15, -0.1) is 13.2 Å². The molecule has 1 heterocycles. The molecule has 2 aromatic rings. The molecule has 2 aromatic carbocycles. The number of nitrogens with two attached hydrogens (primary N) is 1. The van der Waals surface area contributed by atoms with Crippen LogP contribution in [0.5, 0.6) is 0 Å². The minimum absolute atomic E-state index is 0.0627. The highest BCUT2D eigenvalue weighted by Crippen LogP contribution is 2.51. The summed E-state index contributed by atoms with van der Waals surface area (Å²) in [6.07, 6.45) is -2.39. The molecule has 0 saturated carbocycles. The Bertz CT molecular complexity index is 1090. The van der Waals surface area contributed by atoms with Crippen LogP contribution in [0.2, 0.25) is 0 Å². The molecule has 1 atom stereocenters. The molecule has 2 aliphatic rings. The lowest BCUT2D eigenvalue weighted by Gasteiger charge is -2.33. The van der Waals surface area contributed by atoms with Crippen LogP contribution in [0.1, 0.15) is 17.5 Å². The second-order valence-corrected chi connectivity index (χ2v) is 7.98. The number of sulfonamides is 1. The Balaban J connectivity index is 1.96. The Labute approximate surface area is 153 Å². The van der Waals surface area contributed by atoms with Gasteiger partial charge in [0.2, 0.25) is 10.0 Å². The zero-order chi connectivity index (χ0) is 19.4. The van der Waals surface area contributed by atoms with E-state index in [9.17, 15) is 21.6 Å². The molecule has 0 bridgehead atoms. The Morgan fingerprint density at radius 2 is 1.67 bits per heavy atom. The van der Waals surface area contributed by atoms with E-state index in [1.54, 1.807) is 18.2 Å². The van der Waals surface area contributed by atoms with Crippen molar-refractivity contribution in [2.75, 3.05) is 0 Å². The largest absolute Gasteiger partial charge is 0.596 e. The predicted molar refractivity (Wildman–Crippen MR) is 95.8 cm³/mol. The van der Waals surface area contributed by atoms with Gasteiger partial charge in [-0.05, 0) is 41.2 Å². The van der Waals surface area contributed by atoms with Crippen LogP contribution in [0.3, 0.4) is 0 Å². The maximum atomic E-state index is 14.4. The molecule has 0 radical (unpaired) electrons. The molecule has 0 amide bonds. The quantitative estimate of drug-likeness (QED) is 0.625. The SMILES string of the molecule is NS(=O)(=O)c1ccc([N+]2(C(F)(F)F)N=CC3=C2c2ccccc2CC3)cc1. The predicted octanol–water partition coefficient (Wildman–Crippen LogP) is 3.52. The lowest BCUT2D eigenvalue weighted by Crippen LogP contribution is -2.52. The van der Waals surface area contributed by atoms with Crippen molar-refractivity contribution in [3.8, 4) is 0 Å². The van der Waals surface area contributed by atoms with Crippen LogP contribution in [0.15, 0.2) is 64.1 Å². The van der Waals surface area contributed by atoms with E-state index in [4.69, 9.17) is 5.14 Å². The van der Waals surface area contributed by atoms with E-state index in [0.29, 0.717) is 24.0 Å². The lowest BCUT2D eigenvalue weighted by molar-refractivity contribution is -0.216. The highest BCUT2D eigenvalue weighted by atomic mass is 32.2. The number of halogens is 3. The topological polar surface area (TPSA) is 72.5 Å². The van der Waals surface area contributed by atoms with Crippen molar-refractivity contribution in [3.63, 3.8) is 0 Å². The van der Waals surface area contributed by atoms with Crippen molar-refractivity contribution in [2.45, 2.75) is 24.0 Å². The molecule has 0 fully saturated rings. The molecule has 0 saturated heterocycles. The summed E-state index contributed by atoms with van der Waals surface area (Å²) < 4.78 is 64.3. The Morgan fingerprint density at radius 3 is 2.30 bits per heavy atom. The van der Waals surface area contributed by atoms with E-state index >= 15 is 0 Å². The van der Waals surface area contributed by atoms with Gasteiger partial charge in [-0.2, -0.15) is 0 Å². The van der Waals surface area contributed by atoms with E-state index in [-0.39, 0.29) is 16.3 Å². The molecular formula is C18H15F3N3O2S+. The van der Waals surface area contributed by atoms with Crippen molar-refractivity contribution in [2.24, 2.45) is 10.2 Å². The number of hydrogen-bond acceptors (Lipinski definition) is 3. The molecule has 1 aliphatic heterocycles. The van der Waals surface area contributed by atoms with E-state index in [2.05, 4.69) is 5.10 Å². The molecule has 0 spiro atoms. The van der Waals surface area contributed by atoms with Crippen molar-refractivity contribution >= 4 is 27.6 Å². The molecule has 140 valence electrons. The van der Waals surface area contributed by atoms with Gasteiger partial charge in [-0.1, -0.05) is 23.3 Å². The van der Waals surface area contributed by atoms with Gasteiger partial charge in [0, 0.05) is 23.3 Å². The first-order chi connectivity index (χ1) is 12.6. The fraction of sp³-hybridized carbons (Fsp3) is 0.167. The average molecular weight is 394 g/mol. The number of hydrogen-bond donors (Lipinski definition) is 1. The molecule has 27 heavy (non-hydrogen) atoms. The standard InChI is InChI=1S/C18H15F3N3O2S/c19-18(20,21)24(14-7-9-15(10-8-14)27(22,25)26)17-13(11-23-24)6-5-12-3-1-2-4-16(12)17/h1-4,7-11H,5-6H2,(H2,22,25,26)/q+1. The Kier molecular flexibility index (Phi) is 3.81. The van der Waals surface area contributed by atoms with Gasteiger partial charge in [0.05, 0.1) is 11.1 Å². The second kappa shape index (κ2) is 5.75. The molecule has 1 unspecified atom stereocenters. The molecule has 5 nitrogen and oxygen atoms in total. The van der Waals surface area contributed by atoms with Crippen molar-refractivity contribution in [3.05, 3.63) is 65.2 Å². The third-order valence-electron chi connectivity index (χ3n) is 4.86. The number of allylic oxidation sites excluding steroid dienone is 1. The van der Waals surface area contributed by atoms with Crippen LogP contribution in [0.25, 0.3) is 5.70 Å². The highest BCUT2D eigenvalue weighted by Gasteiger charge is 2.64. The van der Waals surface area contributed by atoms with Gasteiger partial charge in [-0.25, -0.2) is 13.6 Å². The number of fused-ring (bicyclic) bond motifs is 2. The third-order valence-corrected chi connectivity index (χ3v) is 5.79. The maximum absolute atomic E-state index is 14.4. The first-order valence-corrected chi connectivity index (χ1v) is 9.66. The zero-order valence-corrected chi connectivity index (χ0v) is 14.8. The summed E-state index contributed by atoms with van der Waals surface area (Å²) in [5.41, 5.74) is 1.72. The van der Waals surface area contributed by atoms with Crippen LogP contribution in [0.4, 0.5) is 18.9 Å². The number of rotatable bonds is 2. The first-order valence-electron chi connectivity index (χ1n) is 8.11. The Hall–Kier alpha value is -2.49. The Morgan fingerprint density at radius 1 is 1.00 bits per heavy atom. The van der Waals surface area contributed by atoms with Crippen LogP contribution < -0.4 is 9.73 Å². The minimum atomic E-state index is -4.76. The number of nitrogens with zero attached hydrogens (tertiary/aromatic N) is 2. The summed E-state index contributed by atoms with van der Waals surface area (Å²) >= 11 is 0. The molecule has 2 N–H and O–H groups in total. The van der Waals surface area contributed by atoms with Gasteiger partial charge >= 0.3 is 6.30 Å². The molecule has 9 heteroatoms. The summed E-state index contributed by atoms with van der Waals surface area (Å²) in [6.45, 7) is 0. The second-order valence-electron chi connectivity index (χ2n) is 6.42. The number of primary sulfonamides is 1. The van der Waals surface area contributed by atoms with Crippen LogP contribution in [-0.2, 0) is 16.4 Å². The van der Waals surface area contributed by atoms with Crippen LogP contribution in [-0.4, -0.2) is 20.9 Å². The number of benzene rings is 2. The van der Waals surface area contributed by atoms with E-state index < -0.39 is 20.9 Å². The van der Waals surface area contributed by atoms with E-state index in [0.717, 1.165) is 29.8 Å². The molecule has 0 aromatic heterocycles. The monoisotopic (exact) mass is 394 g/mol. The fourth-order valence-corrected chi connectivity index (χ4v) is 4.15.